The Kier molecular flexibility index (Phi) is 10.9. The van der Waals surface area contributed by atoms with E-state index in [2.05, 4.69) is 18.7 Å². The molecule has 0 heterocycles. The maximum atomic E-state index is 11.9. The summed E-state index contributed by atoms with van der Waals surface area (Å²) in [6.45, 7) is 8.44. The smallest absolute Gasteiger partial charge is 0.338 e. The number of nitrogens with zero attached hydrogens (tertiary/aromatic N) is 1. The molecule has 1 rings (SSSR count). The van der Waals surface area contributed by atoms with Gasteiger partial charge in [-0.15, -0.1) is 0 Å². The number of carbonyl (C=O) groups excluding carboxylic acids is 1. The van der Waals surface area contributed by atoms with E-state index in [1.807, 2.05) is 6.07 Å². The Hall–Kier alpha value is -1.55. The van der Waals surface area contributed by atoms with Gasteiger partial charge in [-0.1, -0.05) is 45.6 Å². The Morgan fingerprint density at radius 3 is 2.33 bits per heavy atom. The normalized spacial score (nSPS) is 10.8. The number of hydrogen-bond acceptors (Lipinski definition) is 4. The van der Waals surface area contributed by atoms with E-state index in [-0.39, 0.29) is 5.97 Å². The largest absolute Gasteiger partial charge is 0.497 e. The van der Waals surface area contributed by atoms with Gasteiger partial charge in [0.05, 0.1) is 19.3 Å². The third-order valence-corrected chi connectivity index (χ3v) is 4.30. The number of rotatable bonds is 13. The zero-order valence-electron chi connectivity index (χ0n) is 15.6. The van der Waals surface area contributed by atoms with Gasteiger partial charge in [0.25, 0.3) is 0 Å². The fourth-order valence-electron chi connectivity index (χ4n) is 2.68. The van der Waals surface area contributed by atoms with Crippen LogP contribution in [0.5, 0.6) is 5.75 Å². The molecule has 0 radical (unpaired) electrons. The highest BCUT2D eigenvalue weighted by molar-refractivity contribution is 5.89. The number of benzene rings is 1. The second-order valence-electron chi connectivity index (χ2n) is 6.02. The number of esters is 1. The Morgan fingerprint density at radius 2 is 1.67 bits per heavy atom. The Balaban J connectivity index is 2.02. The van der Waals surface area contributed by atoms with Crippen LogP contribution in [0.4, 0.5) is 0 Å². The molecule has 0 saturated heterocycles. The molecule has 0 aliphatic heterocycles. The number of hydrogen-bond donors (Lipinski definition) is 0. The molecule has 0 unspecified atom stereocenters. The van der Waals surface area contributed by atoms with Crippen molar-refractivity contribution >= 4 is 5.97 Å². The molecule has 4 nitrogen and oxygen atoms in total. The van der Waals surface area contributed by atoms with E-state index in [0.29, 0.717) is 17.9 Å². The van der Waals surface area contributed by atoms with Crippen molar-refractivity contribution in [3.8, 4) is 5.75 Å². The summed E-state index contributed by atoms with van der Waals surface area (Å²) in [4.78, 5) is 14.4. The van der Waals surface area contributed by atoms with E-state index in [1.165, 1.54) is 32.2 Å². The predicted octanol–water partition coefficient (Wildman–Crippen LogP) is 4.53. The van der Waals surface area contributed by atoms with Crippen molar-refractivity contribution in [2.45, 2.75) is 52.4 Å². The van der Waals surface area contributed by atoms with Crippen LogP contribution in [-0.2, 0) is 4.74 Å². The molecule has 24 heavy (non-hydrogen) atoms. The van der Waals surface area contributed by atoms with Crippen molar-refractivity contribution in [2.24, 2.45) is 0 Å². The number of ether oxygens (including phenoxy) is 2. The molecule has 1 aromatic rings. The topological polar surface area (TPSA) is 38.8 Å². The molecule has 0 amide bonds. The molecule has 0 aliphatic carbocycles. The van der Waals surface area contributed by atoms with Crippen LogP contribution in [0.3, 0.4) is 0 Å². The average Bonchev–Trinajstić information content (AvgIpc) is 2.63. The zero-order valence-corrected chi connectivity index (χ0v) is 15.6. The molecular formula is C20H33NO3. The van der Waals surface area contributed by atoms with Gasteiger partial charge in [0.1, 0.15) is 5.75 Å². The van der Waals surface area contributed by atoms with Gasteiger partial charge in [0.2, 0.25) is 0 Å². The zero-order chi connectivity index (χ0) is 17.6. The monoisotopic (exact) mass is 335 g/mol. The van der Waals surface area contributed by atoms with Crippen LogP contribution in [0.1, 0.15) is 62.7 Å². The molecular weight excluding hydrogens is 302 g/mol. The minimum Gasteiger partial charge on any atom is -0.497 e. The van der Waals surface area contributed by atoms with Gasteiger partial charge in [0, 0.05) is 0 Å². The molecule has 0 spiro atoms. The van der Waals surface area contributed by atoms with Crippen LogP contribution in [-0.4, -0.2) is 44.2 Å². The molecule has 0 atom stereocenters. The molecule has 0 saturated carbocycles. The minimum atomic E-state index is -0.270. The molecule has 0 N–H and O–H groups in total. The summed E-state index contributed by atoms with van der Waals surface area (Å²) >= 11 is 0. The lowest BCUT2D eigenvalue weighted by Gasteiger charge is -2.17. The highest BCUT2D eigenvalue weighted by Crippen LogP contribution is 2.14. The van der Waals surface area contributed by atoms with Crippen LogP contribution >= 0.6 is 0 Å². The maximum absolute atomic E-state index is 11.9. The van der Waals surface area contributed by atoms with E-state index < -0.39 is 0 Å². The molecule has 0 fully saturated rings. The van der Waals surface area contributed by atoms with E-state index in [9.17, 15) is 4.79 Å². The Labute approximate surface area is 147 Å². The SMILES string of the molecule is CCN(CC)CCCCCCCCOC(=O)c1cccc(OC)c1. The van der Waals surface area contributed by atoms with Gasteiger partial charge >= 0.3 is 5.97 Å². The summed E-state index contributed by atoms with van der Waals surface area (Å²) in [7, 11) is 1.59. The maximum Gasteiger partial charge on any atom is 0.338 e. The van der Waals surface area contributed by atoms with Crippen LogP contribution in [0.25, 0.3) is 0 Å². The fraction of sp³-hybridized carbons (Fsp3) is 0.650. The van der Waals surface area contributed by atoms with Crippen molar-refractivity contribution in [3.05, 3.63) is 29.8 Å². The minimum absolute atomic E-state index is 0.270. The first-order valence-corrected chi connectivity index (χ1v) is 9.24. The number of carbonyl (C=O) groups is 1. The van der Waals surface area contributed by atoms with Crippen LogP contribution in [0.15, 0.2) is 24.3 Å². The molecule has 1 aromatic carbocycles. The van der Waals surface area contributed by atoms with Gasteiger partial charge in [-0.3, -0.25) is 0 Å². The van der Waals surface area contributed by atoms with Gasteiger partial charge in [-0.25, -0.2) is 4.79 Å². The van der Waals surface area contributed by atoms with Gasteiger partial charge in [0.15, 0.2) is 0 Å². The number of methoxy groups -OCH3 is 1. The molecule has 0 aromatic heterocycles. The highest BCUT2D eigenvalue weighted by Gasteiger charge is 2.07. The molecule has 0 aliphatic rings. The van der Waals surface area contributed by atoms with Crippen molar-refractivity contribution in [2.75, 3.05) is 33.4 Å². The molecule has 136 valence electrons. The van der Waals surface area contributed by atoms with Crippen LogP contribution in [0.2, 0.25) is 0 Å². The van der Waals surface area contributed by atoms with Crippen molar-refractivity contribution in [1.29, 1.82) is 0 Å². The van der Waals surface area contributed by atoms with E-state index in [4.69, 9.17) is 9.47 Å². The Morgan fingerprint density at radius 1 is 1.00 bits per heavy atom. The van der Waals surface area contributed by atoms with Crippen molar-refractivity contribution in [1.82, 2.24) is 4.90 Å². The standard InChI is InChI=1S/C20H33NO3/c1-4-21(5-2)15-10-8-6-7-9-11-16-24-20(22)18-13-12-14-19(17-18)23-3/h12-14,17H,4-11,15-16H2,1-3H3. The first-order chi connectivity index (χ1) is 11.7. The van der Waals surface area contributed by atoms with Crippen LogP contribution < -0.4 is 4.74 Å². The third kappa shape index (κ3) is 8.34. The lowest BCUT2D eigenvalue weighted by atomic mass is 10.1. The van der Waals surface area contributed by atoms with Gasteiger partial charge in [-0.05, 0) is 50.7 Å². The van der Waals surface area contributed by atoms with E-state index >= 15 is 0 Å². The second kappa shape index (κ2) is 12.8. The molecule has 4 heteroatoms. The summed E-state index contributed by atoms with van der Waals surface area (Å²) in [5.74, 6) is 0.405. The lowest BCUT2D eigenvalue weighted by molar-refractivity contribution is 0.0497. The predicted molar refractivity (Wildman–Crippen MR) is 98.8 cm³/mol. The van der Waals surface area contributed by atoms with Crippen molar-refractivity contribution < 1.29 is 14.3 Å². The van der Waals surface area contributed by atoms with Crippen molar-refractivity contribution in [3.63, 3.8) is 0 Å². The lowest BCUT2D eigenvalue weighted by Crippen LogP contribution is -2.23. The average molecular weight is 335 g/mol. The summed E-state index contributed by atoms with van der Waals surface area (Å²) in [5.41, 5.74) is 0.547. The van der Waals surface area contributed by atoms with Gasteiger partial charge < -0.3 is 14.4 Å². The first kappa shape index (κ1) is 20.5. The first-order valence-electron chi connectivity index (χ1n) is 9.24. The second-order valence-corrected chi connectivity index (χ2v) is 6.02. The Bertz CT molecular complexity index is 458. The van der Waals surface area contributed by atoms with Gasteiger partial charge in [-0.2, -0.15) is 0 Å². The number of unbranched alkanes of at least 4 members (excludes halogenated alkanes) is 5. The summed E-state index contributed by atoms with van der Waals surface area (Å²) in [6, 6.07) is 7.07. The summed E-state index contributed by atoms with van der Waals surface area (Å²) in [6.07, 6.45) is 7.12. The van der Waals surface area contributed by atoms with E-state index in [1.54, 1.807) is 25.3 Å². The third-order valence-electron chi connectivity index (χ3n) is 4.30. The highest BCUT2D eigenvalue weighted by atomic mass is 16.5. The van der Waals surface area contributed by atoms with E-state index in [0.717, 1.165) is 25.9 Å². The fourth-order valence-corrected chi connectivity index (χ4v) is 2.68. The quantitative estimate of drug-likeness (QED) is 0.392. The van der Waals surface area contributed by atoms with Crippen LogP contribution in [0, 0.1) is 0 Å². The summed E-state index contributed by atoms with van der Waals surface area (Å²) in [5, 5.41) is 0. The summed E-state index contributed by atoms with van der Waals surface area (Å²) < 4.78 is 10.4. The molecule has 0 bridgehead atoms.